The van der Waals surface area contributed by atoms with Crippen LogP contribution >= 0.6 is 0 Å². The van der Waals surface area contributed by atoms with Gasteiger partial charge in [0.25, 0.3) is 0 Å². The lowest BCUT2D eigenvalue weighted by Gasteiger charge is -2.31. The molecule has 1 unspecified atom stereocenters. The van der Waals surface area contributed by atoms with Gasteiger partial charge in [-0.25, -0.2) is 0 Å². The van der Waals surface area contributed by atoms with Crippen molar-refractivity contribution in [1.29, 1.82) is 0 Å². The van der Waals surface area contributed by atoms with Crippen molar-refractivity contribution in [2.24, 2.45) is 0 Å². The van der Waals surface area contributed by atoms with Gasteiger partial charge < -0.3 is 10.4 Å². The van der Waals surface area contributed by atoms with Gasteiger partial charge in [0.05, 0.1) is 0 Å². The number of carbonyl (C=O) groups is 1. The normalized spacial score (nSPS) is 20.1. The number of nitrogens with zero attached hydrogens (tertiary/aromatic N) is 2. The van der Waals surface area contributed by atoms with Crippen molar-refractivity contribution in [3.63, 3.8) is 0 Å². The lowest BCUT2D eigenvalue weighted by molar-refractivity contribution is -0.140. The van der Waals surface area contributed by atoms with Gasteiger partial charge in [0.2, 0.25) is 0 Å². The zero-order valence-electron chi connectivity index (χ0n) is 11.1. The van der Waals surface area contributed by atoms with E-state index in [2.05, 4.69) is 21.3 Å². The number of carboxylic acids is 1. The van der Waals surface area contributed by atoms with Crippen molar-refractivity contribution >= 4 is 16.7 Å². The summed E-state index contributed by atoms with van der Waals surface area (Å²) in [7, 11) is 0. The molecule has 104 valence electrons. The van der Waals surface area contributed by atoms with Crippen LogP contribution in [0.4, 0.5) is 0 Å². The van der Waals surface area contributed by atoms with Gasteiger partial charge in [-0.05, 0) is 17.0 Å². The number of hydrogen-bond donors (Lipinski definition) is 2. The number of fused-ring (bicyclic) bond motifs is 1. The summed E-state index contributed by atoms with van der Waals surface area (Å²) < 4.78 is 0. The predicted molar refractivity (Wildman–Crippen MR) is 76.4 cm³/mol. The van der Waals surface area contributed by atoms with Crippen molar-refractivity contribution in [3.05, 3.63) is 42.2 Å². The minimum Gasteiger partial charge on any atom is -0.480 e. The van der Waals surface area contributed by atoms with Crippen molar-refractivity contribution in [2.45, 2.75) is 12.6 Å². The van der Waals surface area contributed by atoms with E-state index in [9.17, 15) is 4.79 Å². The standard InChI is InChI=1S/C15H17N3O2/c19-15(20)14-10-18(7-6-17-14)9-12-3-1-2-11-8-16-5-4-13(11)12/h1-5,8,14,17H,6-7,9-10H2,(H,19,20). The molecule has 20 heavy (non-hydrogen) atoms. The molecule has 0 aliphatic carbocycles. The largest absolute Gasteiger partial charge is 0.480 e. The zero-order chi connectivity index (χ0) is 13.9. The summed E-state index contributed by atoms with van der Waals surface area (Å²) in [6.07, 6.45) is 3.65. The first-order chi connectivity index (χ1) is 9.74. The fourth-order valence-corrected chi connectivity index (χ4v) is 2.69. The molecule has 3 rings (SSSR count). The zero-order valence-corrected chi connectivity index (χ0v) is 11.1. The second kappa shape index (κ2) is 5.56. The second-order valence-corrected chi connectivity index (χ2v) is 5.09. The molecule has 1 saturated heterocycles. The molecular formula is C15H17N3O2. The summed E-state index contributed by atoms with van der Waals surface area (Å²) in [6, 6.07) is 7.71. The number of nitrogens with one attached hydrogen (secondary N) is 1. The molecule has 0 radical (unpaired) electrons. The van der Waals surface area contributed by atoms with Gasteiger partial charge in [0.15, 0.2) is 0 Å². The van der Waals surface area contributed by atoms with Crippen LogP contribution in [0.1, 0.15) is 5.56 Å². The Morgan fingerprint density at radius 2 is 2.35 bits per heavy atom. The fourth-order valence-electron chi connectivity index (χ4n) is 2.69. The third-order valence-electron chi connectivity index (χ3n) is 3.72. The molecule has 0 spiro atoms. The molecule has 1 atom stereocenters. The molecule has 1 fully saturated rings. The first-order valence-corrected chi connectivity index (χ1v) is 6.74. The van der Waals surface area contributed by atoms with E-state index in [1.54, 1.807) is 6.20 Å². The van der Waals surface area contributed by atoms with Gasteiger partial charge in [0.1, 0.15) is 6.04 Å². The van der Waals surface area contributed by atoms with E-state index in [-0.39, 0.29) is 0 Å². The summed E-state index contributed by atoms with van der Waals surface area (Å²) in [5.74, 6) is -0.781. The van der Waals surface area contributed by atoms with Gasteiger partial charge in [-0.1, -0.05) is 18.2 Å². The van der Waals surface area contributed by atoms with E-state index in [1.807, 2.05) is 24.4 Å². The molecule has 2 heterocycles. The number of hydrogen-bond acceptors (Lipinski definition) is 4. The van der Waals surface area contributed by atoms with Crippen LogP contribution in [0, 0.1) is 0 Å². The Morgan fingerprint density at radius 3 is 3.20 bits per heavy atom. The molecule has 1 aromatic carbocycles. The average molecular weight is 271 g/mol. The Kier molecular flexibility index (Phi) is 3.62. The summed E-state index contributed by atoms with van der Waals surface area (Å²) in [6.45, 7) is 2.89. The predicted octanol–water partition coefficient (Wildman–Crippen LogP) is 1.09. The topological polar surface area (TPSA) is 65.5 Å². The minimum atomic E-state index is -0.781. The molecular weight excluding hydrogens is 254 g/mol. The molecule has 2 aromatic rings. The highest BCUT2D eigenvalue weighted by atomic mass is 16.4. The average Bonchev–Trinajstić information content (AvgIpc) is 2.48. The van der Waals surface area contributed by atoms with E-state index in [4.69, 9.17) is 5.11 Å². The van der Waals surface area contributed by atoms with Crippen LogP contribution in [0.15, 0.2) is 36.7 Å². The Hall–Kier alpha value is -1.98. The molecule has 0 amide bonds. The fraction of sp³-hybridized carbons (Fsp3) is 0.333. The van der Waals surface area contributed by atoms with Crippen molar-refractivity contribution < 1.29 is 9.90 Å². The highest BCUT2D eigenvalue weighted by molar-refractivity contribution is 5.84. The monoisotopic (exact) mass is 271 g/mol. The van der Waals surface area contributed by atoms with Crippen LogP contribution in [0.2, 0.25) is 0 Å². The summed E-state index contributed by atoms with van der Waals surface area (Å²) >= 11 is 0. The summed E-state index contributed by atoms with van der Waals surface area (Å²) in [5.41, 5.74) is 1.22. The SMILES string of the molecule is O=C(O)C1CN(Cc2cccc3cnccc23)CCN1. The number of pyridine rings is 1. The number of rotatable bonds is 3. The number of aliphatic carboxylic acids is 1. The van der Waals surface area contributed by atoms with Crippen LogP contribution in [0.3, 0.4) is 0 Å². The molecule has 0 bridgehead atoms. The minimum absolute atomic E-state index is 0.472. The highest BCUT2D eigenvalue weighted by Gasteiger charge is 2.24. The van der Waals surface area contributed by atoms with Gasteiger partial charge >= 0.3 is 5.97 Å². The number of carboxylic acid groups (broad SMARTS) is 1. The van der Waals surface area contributed by atoms with Crippen LogP contribution in [0.5, 0.6) is 0 Å². The second-order valence-electron chi connectivity index (χ2n) is 5.09. The molecule has 1 aromatic heterocycles. The first kappa shape index (κ1) is 13.0. The molecule has 1 aliphatic heterocycles. The van der Waals surface area contributed by atoms with Gasteiger partial charge in [-0.15, -0.1) is 0 Å². The molecule has 5 heteroatoms. The van der Waals surface area contributed by atoms with Crippen LogP contribution in [-0.4, -0.2) is 46.6 Å². The number of aromatic nitrogens is 1. The Morgan fingerprint density at radius 1 is 1.45 bits per heavy atom. The van der Waals surface area contributed by atoms with Gasteiger partial charge in [-0.3, -0.25) is 14.7 Å². The summed E-state index contributed by atoms with van der Waals surface area (Å²) in [5, 5.41) is 14.4. The lowest BCUT2D eigenvalue weighted by atomic mass is 10.1. The van der Waals surface area contributed by atoms with E-state index in [0.29, 0.717) is 13.1 Å². The van der Waals surface area contributed by atoms with E-state index >= 15 is 0 Å². The Bertz CT molecular complexity index is 624. The van der Waals surface area contributed by atoms with Crippen molar-refractivity contribution in [2.75, 3.05) is 19.6 Å². The van der Waals surface area contributed by atoms with Gasteiger partial charge in [0, 0.05) is 44.0 Å². The molecule has 1 aliphatic rings. The summed E-state index contributed by atoms with van der Waals surface area (Å²) in [4.78, 5) is 17.4. The third kappa shape index (κ3) is 2.64. The van der Waals surface area contributed by atoms with Crippen LogP contribution in [-0.2, 0) is 11.3 Å². The molecule has 5 nitrogen and oxygen atoms in total. The van der Waals surface area contributed by atoms with Crippen molar-refractivity contribution in [3.8, 4) is 0 Å². The maximum absolute atomic E-state index is 11.1. The van der Waals surface area contributed by atoms with Crippen LogP contribution < -0.4 is 5.32 Å². The Labute approximate surface area is 117 Å². The quantitative estimate of drug-likeness (QED) is 0.875. The molecule has 2 N–H and O–H groups in total. The maximum atomic E-state index is 11.1. The number of benzene rings is 1. The third-order valence-corrected chi connectivity index (χ3v) is 3.72. The maximum Gasteiger partial charge on any atom is 0.322 e. The lowest BCUT2D eigenvalue weighted by Crippen LogP contribution is -2.53. The smallest absolute Gasteiger partial charge is 0.322 e. The first-order valence-electron chi connectivity index (χ1n) is 6.74. The van der Waals surface area contributed by atoms with Crippen molar-refractivity contribution in [1.82, 2.24) is 15.2 Å². The van der Waals surface area contributed by atoms with Gasteiger partial charge in [-0.2, -0.15) is 0 Å². The highest BCUT2D eigenvalue weighted by Crippen LogP contribution is 2.19. The van der Waals surface area contributed by atoms with E-state index in [0.717, 1.165) is 18.5 Å². The Balaban J connectivity index is 1.81. The number of piperazine rings is 1. The van der Waals surface area contributed by atoms with Crippen LogP contribution in [0.25, 0.3) is 10.8 Å². The van der Waals surface area contributed by atoms with E-state index in [1.165, 1.54) is 10.9 Å². The van der Waals surface area contributed by atoms with E-state index < -0.39 is 12.0 Å². The molecule has 0 saturated carbocycles.